The zero-order chi connectivity index (χ0) is 15.5. The van der Waals surface area contributed by atoms with Gasteiger partial charge in [0.2, 0.25) is 0 Å². The molecule has 0 unspecified atom stereocenters. The number of aromatic nitrogens is 3. The smallest absolute Gasteiger partial charge is 0.137 e. The predicted octanol–water partition coefficient (Wildman–Crippen LogP) is 3.17. The Kier molecular flexibility index (Phi) is 4.69. The standard InChI is InChI=1S/C12H12Cl2N6O/c1-8(18-19-15)12(21,5-20-7-16-6-17-20)10-3-2-9(13)4-11(10)14/h2-4,6-8,21H,5H2,1H3/t8-,12-/m1/s1. The first-order valence-corrected chi connectivity index (χ1v) is 6.77. The van der Waals surface area contributed by atoms with Crippen molar-refractivity contribution in [1.82, 2.24) is 14.8 Å². The Morgan fingerprint density at radius 2 is 2.29 bits per heavy atom. The quantitative estimate of drug-likeness (QED) is 0.518. The van der Waals surface area contributed by atoms with Crippen LogP contribution >= 0.6 is 23.2 Å². The second-order valence-electron chi connectivity index (χ2n) is 4.52. The maximum absolute atomic E-state index is 11.0. The van der Waals surface area contributed by atoms with Crippen LogP contribution in [0.5, 0.6) is 0 Å². The summed E-state index contributed by atoms with van der Waals surface area (Å²) in [7, 11) is 0. The number of rotatable bonds is 5. The minimum absolute atomic E-state index is 0.0362. The Balaban J connectivity index is 2.51. The molecule has 1 aromatic heterocycles. The zero-order valence-electron chi connectivity index (χ0n) is 11.1. The van der Waals surface area contributed by atoms with Gasteiger partial charge in [-0.15, -0.1) is 0 Å². The van der Waals surface area contributed by atoms with Gasteiger partial charge < -0.3 is 5.11 Å². The van der Waals surface area contributed by atoms with Crippen LogP contribution < -0.4 is 0 Å². The average molecular weight is 327 g/mol. The molecule has 0 radical (unpaired) electrons. The first-order chi connectivity index (χ1) is 9.97. The van der Waals surface area contributed by atoms with E-state index in [9.17, 15) is 5.11 Å². The van der Waals surface area contributed by atoms with Gasteiger partial charge in [0.15, 0.2) is 0 Å². The second-order valence-corrected chi connectivity index (χ2v) is 5.37. The molecular formula is C12H12Cl2N6O. The molecular weight excluding hydrogens is 315 g/mol. The lowest BCUT2D eigenvalue weighted by Gasteiger charge is -2.32. The molecule has 0 aliphatic rings. The van der Waals surface area contributed by atoms with Crippen LogP contribution in [0.25, 0.3) is 10.4 Å². The Labute approximate surface area is 130 Å². The number of hydrogen-bond donors (Lipinski definition) is 1. The minimum Gasteiger partial charge on any atom is -0.383 e. The van der Waals surface area contributed by atoms with E-state index >= 15 is 0 Å². The molecule has 0 aliphatic carbocycles. The average Bonchev–Trinajstić information content (AvgIpc) is 2.91. The molecule has 0 amide bonds. The van der Waals surface area contributed by atoms with Crippen LogP contribution in [0.15, 0.2) is 36.0 Å². The van der Waals surface area contributed by atoms with Gasteiger partial charge in [-0.3, -0.25) is 0 Å². The van der Waals surface area contributed by atoms with Gasteiger partial charge in [0.1, 0.15) is 18.3 Å². The third-order valence-electron chi connectivity index (χ3n) is 3.18. The fraction of sp³-hybridized carbons (Fsp3) is 0.333. The largest absolute Gasteiger partial charge is 0.383 e. The minimum atomic E-state index is -1.54. The van der Waals surface area contributed by atoms with Crippen molar-refractivity contribution in [2.24, 2.45) is 5.11 Å². The van der Waals surface area contributed by atoms with E-state index in [1.165, 1.54) is 23.4 Å². The topological polar surface area (TPSA) is 99.7 Å². The third-order valence-corrected chi connectivity index (χ3v) is 3.73. The van der Waals surface area contributed by atoms with Crippen molar-refractivity contribution >= 4 is 23.2 Å². The predicted molar refractivity (Wildman–Crippen MR) is 79.0 cm³/mol. The molecule has 21 heavy (non-hydrogen) atoms. The summed E-state index contributed by atoms with van der Waals surface area (Å²) in [5.74, 6) is 0. The Morgan fingerprint density at radius 3 is 2.86 bits per heavy atom. The highest BCUT2D eigenvalue weighted by molar-refractivity contribution is 6.35. The highest BCUT2D eigenvalue weighted by Gasteiger charge is 2.38. The molecule has 0 bridgehead atoms. The second kappa shape index (κ2) is 6.32. The van der Waals surface area contributed by atoms with Crippen molar-refractivity contribution in [2.45, 2.75) is 25.1 Å². The summed E-state index contributed by atoms with van der Waals surface area (Å²) in [4.78, 5) is 6.58. The number of nitrogens with zero attached hydrogens (tertiary/aromatic N) is 6. The number of benzene rings is 1. The van der Waals surface area contributed by atoms with Crippen molar-refractivity contribution in [1.29, 1.82) is 0 Å². The normalized spacial score (nSPS) is 15.0. The van der Waals surface area contributed by atoms with Crippen molar-refractivity contribution in [3.8, 4) is 0 Å². The van der Waals surface area contributed by atoms with Crippen molar-refractivity contribution in [2.75, 3.05) is 0 Å². The fourth-order valence-electron chi connectivity index (χ4n) is 2.02. The lowest BCUT2D eigenvalue weighted by Crippen LogP contribution is -2.41. The van der Waals surface area contributed by atoms with Crippen LogP contribution in [0.4, 0.5) is 0 Å². The molecule has 1 N–H and O–H groups in total. The molecule has 2 aromatic rings. The molecule has 2 rings (SSSR count). The number of azide groups is 1. The molecule has 0 fully saturated rings. The van der Waals surface area contributed by atoms with Crippen LogP contribution in [0.3, 0.4) is 0 Å². The van der Waals surface area contributed by atoms with E-state index in [0.717, 1.165) is 0 Å². The van der Waals surface area contributed by atoms with Gasteiger partial charge in [0, 0.05) is 20.5 Å². The van der Waals surface area contributed by atoms with Gasteiger partial charge in [-0.25, -0.2) is 9.67 Å². The SMILES string of the molecule is C[C@@H](N=[N+]=[N-])[C@](O)(Cn1cncn1)c1ccc(Cl)cc1Cl. The zero-order valence-corrected chi connectivity index (χ0v) is 12.6. The number of aliphatic hydroxyl groups is 1. The van der Waals surface area contributed by atoms with E-state index < -0.39 is 11.6 Å². The molecule has 9 heteroatoms. The van der Waals surface area contributed by atoms with Crippen LogP contribution in [-0.2, 0) is 12.1 Å². The Bertz CT molecular complexity index is 670. The van der Waals surface area contributed by atoms with Gasteiger partial charge in [-0.05, 0) is 17.7 Å². The summed E-state index contributed by atoms with van der Waals surface area (Å²) < 4.78 is 1.44. The van der Waals surface area contributed by atoms with Crippen LogP contribution in [-0.4, -0.2) is 25.9 Å². The first kappa shape index (κ1) is 15.6. The van der Waals surface area contributed by atoms with Crippen LogP contribution in [0, 0.1) is 0 Å². The van der Waals surface area contributed by atoms with Crippen LogP contribution in [0.1, 0.15) is 12.5 Å². The van der Waals surface area contributed by atoms with E-state index in [0.29, 0.717) is 10.6 Å². The number of halogens is 2. The summed E-state index contributed by atoms with van der Waals surface area (Å²) in [5.41, 5.74) is 7.51. The lowest BCUT2D eigenvalue weighted by atomic mass is 9.87. The first-order valence-electron chi connectivity index (χ1n) is 6.02. The molecule has 0 aliphatic heterocycles. The van der Waals surface area contributed by atoms with Gasteiger partial charge in [0.25, 0.3) is 0 Å². The molecule has 110 valence electrons. The van der Waals surface area contributed by atoms with Gasteiger partial charge >= 0.3 is 0 Å². The van der Waals surface area contributed by atoms with Crippen molar-refractivity contribution in [3.05, 3.63) is 56.9 Å². The fourth-order valence-corrected chi connectivity index (χ4v) is 2.59. The third kappa shape index (κ3) is 3.28. The summed E-state index contributed by atoms with van der Waals surface area (Å²) in [5, 5.41) is 19.3. The maximum atomic E-state index is 11.0. The lowest BCUT2D eigenvalue weighted by molar-refractivity contribution is -0.00508. The highest BCUT2D eigenvalue weighted by Crippen LogP contribution is 2.35. The van der Waals surface area contributed by atoms with E-state index in [4.69, 9.17) is 28.7 Å². The van der Waals surface area contributed by atoms with Crippen LogP contribution in [0.2, 0.25) is 10.0 Å². The molecule has 2 atom stereocenters. The molecule has 7 nitrogen and oxygen atoms in total. The Hall–Kier alpha value is -1.79. The summed E-state index contributed by atoms with van der Waals surface area (Å²) in [6.45, 7) is 1.64. The number of hydrogen-bond acceptors (Lipinski definition) is 4. The molecule has 0 spiro atoms. The van der Waals surface area contributed by atoms with E-state index in [-0.39, 0.29) is 11.6 Å². The van der Waals surface area contributed by atoms with Gasteiger partial charge in [-0.2, -0.15) is 5.10 Å². The monoisotopic (exact) mass is 326 g/mol. The molecule has 0 saturated carbocycles. The molecule has 0 saturated heterocycles. The summed E-state index contributed by atoms with van der Waals surface area (Å²) in [6, 6.07) is 3.96. The van der Waals surface area contributed by atoms with Gasteiger partial charge in [-0.1, -0.05) is 41.3 Å². The summed E-state index contributed by atoms with van der Waals surface area (Å²) in [6.07, 6.45) is 2.81. The molecule has 1 aromatic carbocycles. The van der Waals surface area contributed by atoms with Gasteiger partial charge in [0.05, 0.1) is 12.6 Å². The molecule has 1 heterocycles. The highest BCUT2D eigenvalue weighted by atomic mass is 35.5. The van der Waals surface area contributed by atoms with Crippen molar-refractivity contribution < 1.29 is 5.11 Å². The Morgan fingerprint density at radius 1 is 1.52 bits per heavy atom. The van der Waals surface area contributed by atoms with Crippen molar-refractivity contribution in [3.63, 3.8) is 0 Å². The van der Waals surface area contributed by atoms with E-state index in [1.54, 1.807) is 19.1 Å². The summed E-state index contributed by atoms with van der Waals surface area (Å²) >= 11 is 12.0. The maximum Gasteiger partial charge on any atom is 0.137 e. The van der Waals surface area contributed by atoms with E-state index in [1.807, 2.05) is 0 Å². The van der Waals surface area contributed by atoms with E-state index in [2.05, 4.69) is 20.1 Å².